The first kappa shape index (κ1) is 17.4. The molecule has 0 heterocycles. The summed E-state index contributed by atoms with van der Waals surface area (Å²) >= 11 is 0. The Labute approximate surface area is 134 Å². The molecular weight excluding hydrogens is 300 g/mol. The first-order valence-electron chi connectivity index (χ1n) is 7.36. The van der Waals surface area contributed by atoms with Crippen molar-refractivity contribution in [2.24, 2.45) is 0 Å². The summed E-state index contributed by atoms with van der Waals surface area (Å²) in [6, 6.07) is 11.0. The van der Waals surface area contributed by atoms with E-state index in [1.54, 1.807) is 31.4 Å². The van der Waals surface area contributed by atoms with E-state index in [0.29, 0.717) is 11.3 Å². The van der Waals surface area contributed by atoms with E-state index in [2.05, 4.69) is 5.32 Å². The highest BCUT2D eigenvalue weighted by Crippen LogP contribution is 2.24. The van der Waals surface area contributed by atoms with E-state index >= 15 is 0 Å². The molecule has 0 aliphatic carbocycles. The lowest BCUT2D eigenvalue weighted by molar-refractivity contribution is 0.160. The summed E-state index contributed by atoms with van der Waals surface area (Å²) in [5.41, 5.74) is 0.709. The highest BCUT2D eigenvalue weighted by Gasteiger charge is 2.22. The van der Waals surface area contributed by atoms with Crippen LogP contribution >= 0.6 is 0 Å². The van der Waals surface area contributed by atoms with Gasteiger partial charge in [-0.15, -0.1) is 0 Å². The number of ether oxygens (including phenoxy) is 1. The molecule has 0 aliphatic rings. The van der Waals surface area contributed by atoms with Gasteiger partial charge in [0, 0.05) is 12.1 Å². The molecule has 124 valence electrons. The predicted octanol–water partition coefficient (Wildman–Crippen LogP) is 3.53. The molecule has 0 fully saturated rings. The van der Waals surface area contributed by atoms with Crippen molar-refractivity contribution in [2.75, 3.05) is 13.7 Å². The van der Waals surface area contributed by atoms with Crippen LogP contribution in [-0.4, -0.2) is 18.8 Å². The number of nitrogens with one attached hydrogen (secondary N) is 1. The largest absolute Gasteiger partial charge is 0.497 e. The number of halogens is 2. The number of methoxy groups -OCH3 is 1. The second-order valence-electron chi connectivity index (χ2n) is 5.93. The van der Waals surface area contributed by atoms with E-state index in [1.165, 1.54) is 12.1 Å². The van der Waals surface area contributed by atoms with Crippen LogP contribution in [0.1, 0.15) is 31.1 Å². The first-order valence-corrected chi connectivity index (χ1v) is 7.36. The van der Waals surface area contributed by atoms with E-state index in [0.717, 1.165) is 11.6 Å². The van der Waals surface area contributed by atoms with Gasteiger partial charge in [0.2, 0.25) is 0 Å². The number of hydrogen-bond acceptors (Lipinski definition) is 3. The standard InChI is InChI=1S/C18H21F2NO2/c1-18(2,13-7-8-15(19)16(20)10-13)21-11-17(22)12-5-4-6-14(9-12)23-3/h4-10,17,21-22H,11H2,1-3H3. The maximum absolute atomic E-state index is 13.4. The van der Waals surface area contributed by atoms with Crippen LogP contribution in [-0.2, 0) is 5.54 Å². The van der Waals surface area contributed by atoms with Gasteiger partial charge >= 0.3 is 0 Å². The molecule has 0 amide bonds. The number of aliphatic hydroxyl groups is 1. The molecule has 1 unspecified atom stereocenters. The van der Waals surface area contributed by atoms with Gasteiger partial charge < -0.3 is 15.2 Å². The number of rotatable bonds is 6. The lowest BCUT2D eigenvalue weighted by Gasteiger charge is -2.28. The molecule has 3 nitrogen and oxygen atoms in total. The van der Waals surface area contributed by atoms with E-state index in [-0.39, 0.29) is 6.54 Å². The van der Waals surface area contributed by atoms with E-state index < -0.39 is 23.3 Å². The summed E-state index contributed by atoms with van der Waals surface area (Å²) in [7, 11) is 1.57. The van der Waals surface area contributed by atoms with Gasteiger partial charge in [-0.1, -0.05) is 18.2 Å². The van der Waals surface area contributed by atoms with Crippen LogP contribution in [0.3, 0.4) is 0 Å². The normalized spacial score (nSPS) is 13.0. The minimum atomic E-state index is -0.884. The molecule has 0 radical (unpaired) electrons. The van der Waals surface area contributed by atoms with Crippen molar-refractivity contribution >= 4 is 0 Å². The van der Waals surface area contributed by atoms with Crippen LogP contribution in [0.25, 0.3) is 0 Å². The highest BCUT2D eigenvalue weighted by molar-refractivity contribution is 5.30. The van der Waals surface area contributed by atoms with Crippen LogP contribution in [0, 0.1) is 11.6 Å². The van der Waals surface area contributed by atoms with Gasteiger partial charge in [-0.25, -0.2) is 8.78 Å². The van der Waals surface area contributed by atoms with Crippen molar-refractivity contribution in [1.82, 2.24) is 5.32 Å². The van der Waals surface area contributed by atoms with Crippen molar-refractivity contribution in [3.8, 4) is 5.75 Å². The third-order valence-electron chi connectivity index (χ3n) is 3.86. The summed E-state index contributed by atoms with van der Waals surface area (Å²) in [5.74, 6) is -1.09. The molecular formula is C18H21F2NO2. The van der Waals surface area contributed by atoms with E-state index in [1.807, 2.05) is 13.8 Å². The van der Waals surface area contributed by atoms with Gasteiger partial charge in [-0.05, 0) is 49.2 Å². The van der Waals surface area contributed by atoms with Crippen molar-refractivity contribution in [1.29, 1.82) is 0 Å². The monoisotopic (exact) mass is 321 g/mol. The zero-order chi connectivity index (χ0) is 17.0. The van der Waals surface area contributed by atoms with Gasteiger partial charge in [0.05, 0.1) is 13.2 Å². The summed E-state index contributed by atoms with van der Waals surface area (Å²) in [4.78, 5) is 0. The maximum Gasteiger partial charge on any atom is 0.159 e. The molecule has 23 heavy (non-hydrogen) atoms. The Bertz CT molecular complexity index is 674. The third kappa shape index (κ3) is 4.27. The summed E-state index contributed by atoms with van der Waals surface area (Å²) in [5, 5.41) is 13.5. The SMILES string of the molecule is COc1cccc(C(O)CNC(C)(C)c2ccc(F)c(F)c2)c1. The lowest BCUT2D eigenvalue weighted by atomic mass is 9.93. The van der Waals surface area contributed by atoms with Gasteiger partial charge in [0.1, 0.15) is 5.75 Å². The molecule has 0 aliphatic heterocycles. The number of hydrogen-bond donors (Lipinski definition) is 2. The molecule has 1 atom stereocenters. The van der Waals surface area contributed by atoms with Gasteiger partial charge in [-0.3, -0.25) is 0 Å². The Balaban J connectivity index is 2.06. The number of aliphatic hydroxyl groups excluding tert-OH is 1. The molecule has 5 heteroatoms. The Hall–Kier alpha value is -1.98. The van der Waals surface area contributed by atoms with Crippen LogP contribution in [0.15, 0.2) is 42.5 Å². The minimum Gasteiger partial charge on any atom is -0.497 e. The third-order valence-corrected chi connectivity index (χ3v) is 3.86. The molecule has 0 saturated heterocycles. The van der Waals surface area contributed by atoms with Gasteiger partial charge in [0.25, 0.3) is 0 Å². The Morgan fingerprint density at radius 1 is 1.13 bits per heavy atom. The van der Waals surface area contributed by atoms with E-state index in [4.69, 9.17) is 4.74 Å². The second-order valence-corrected chi connectivity index (χ2v) is 5.93. The molecule has 2 aromatic rings. The van der Waals surface area contributed by atoms with Crippen LogP contribution in [0.2, 0.25) is 0 Å². The molecule has 2 aromatic carbocycles. The van der Waals surface area contributed by atoms with Crippen LogP contribution < -0.4 is 10.1 Å². The topological polar surface area (TPSA) is 41.5 Å². The fraction of sp³-hybridized carbons (Fsp3) is 0.333. The van der Waals surface area contributed by atoms with Gasteiger partial charge in [-0.2, -0.15) is 0 Å². The Morgan fingerprint density at radius 2 is 1.87 bits per heavy atom. The summed E-state index contributed by atoms with van der Waals surface area (Å²) in [6.07, 6.45) is -0.741. The molecule has 0 saturated carbocycles. The van der Waals surface area contributed by atoms with E-state index in [9.17, 15) is 13.9 Å². The Morgan fingerprint density at radius 3 is 2.52 bits per heavy atom. The van der Waals surface area contributed by atoms with Gasteiger partial charge in [0.15, 0.2) is 11.6 Å². The fourth-order valence-electron chi connectivity index (χ4n) is 2.31. The summed E-state index contributed by atoms with van der Waals surface area (Å²) in [6.45, 7) is 3.95. The molecule has 0 aromatic heterocycles. The molecule has 0 bridgehead atoms. The molecule has 0 spiro atoms. The van der Waals surface area contributed by atoms with Crippen molar-refractivity contribution in [3.63, 3.8) is 0 Å². The van der Waals surface area contributed by atoms with Crippen molar-refractivity contribution < 1.29 is 18.6 Å². The van der Waals surface area contributed by atoms with Crippen molar-refractivity contribution in [2.45, 2.75) is 25.5 Å². The average Bonchev–Trinajstić information content (AvgIpc) is 2.55. The second kappa shape index (κ2) is 7.06. The average molecular weight is 321 g/mol. The van der Waals surface area contributed by atoms with Crippen LogP contribution in [0.4, 0.5) is 8.78 Å². The summed E-state index contributed by atoms with van der Waals surface area (Å²) < 4.78 is 31.6. The molecule has 2 N–H and O–H groups in total. The smallest absolute Gasteiger partial charge is 0.159 e. The fourth-order valence-corrected chi connectivity index (χ4v) is 2.31. The van der Waals surface area contributed by atoms with Crippen LogP contribution in [0.5, 0.6) is 5.75 Å². The predicted molar refractivity (Wildman–Crippen MR) is 85.3 cm³/mol. The maximum atomic E-state index is 13.4. The number of benzene rings is 2. The molecule has 2 rings (SSSR count). The lowest BCUT2D eigenvalue weighted by Crippen LogP contribution is -2.39. The quantitative estimate of drug-likeness (QED) is 0.855. The zero-order valence-electron chi connectivity index (χ0n) is 13.4. The zero-order valence-corrected chi connectivity index (χ0v) is 13.4. The Kier molecular flexibility index (Phi) is 5.34. The minimum absolute atomic E-state index is 0.263. The highest BCUT2D eigenvalue weighted by atomic mass is 19.2. The first-order chi connectivity index (χ1) is 10.8. The van der Waals surface area contributed by atoms with Crippen molar-refractivity contribution in [3.05, 3.63) is 65.2 Å².